The van der Waals surface area contributed by atoms with Crippen LogP contribution in [-0.4, -0.2) is 68.8 Å². The zero-order valence-electron chi connectivity index (χ0n) is 16.4. The minimum Gasteiger partial charge on any atom is -0.338 e. The van der Waals surface area contributed by atoms with E-state index in [1.54, 1.807) is 0 Å². The number of nitrogens with one attached hydrogen (secondary N) is 1. The summed E-state index contributed by atoms with van der Waals surface area (Å²) in [5.41, 5.74) is -1.15. The van der Waals surface area contributed by atoms with E-state index in [-0.39, 0.29) is 25.0 Å². The number of halogens is 3. The first kappa shape index (κ1) is 22.0. The van der Waals surface area contributed by atoms with Gasteiger partial charge < -0.3 is 9.80 Å². The molecule has 1 atom stereocenters. The summed E-state index contributed by atoms with van der Waals surface area (Å²) in [6.45, 7) is 4.29. The fraction of sp³-hybridized carbons (Fsp3) is 0.632. The predicted molar refractivity (Wildman–Crippen MR) is 101 cm³/mol. The number of hydrogen-bond acceptors (Lipinski definition) is 3. The molecular formula is C19H27F3N3O3S+. The largest absolute Gasteiger partial charge is 0.417 e. The third-order valence-corrected chi connectivity index (χ3v) is 7.78. The predicted octanol–water partition coefficient (Wildman–Crippen LogP) is 0.996. The molecule has 29 heavy (non-hydrogen) atoms. The molecule has 6 nitrogen and oxygen atoms in total. The first-order valence-corrected chi connectivity index (χ1v) is 11.4. The fourth-order valence-electron chi connectivity index (χ4n) is 4.07. The molecule has 0 bridgehead atoms. The van der Waals surface area contributed by atoms with Crippen LogP contribution in [0.25, 0.3) is 0 Å². The SMILES string of the molecule is C[C@H](C(=O)N1CCCCC1)[NH+]1CCN(S(=O)(=O)c2ccccc2C(F)(F)F)CC1. The lowest BCUT2D eigenvalue weighted by atomic mass is 10.1. The first-order valence-electron chi connectivity index (χ1n) is 9.92. The number of piperazine rings is 1. The van der Waals surface area contributed by atoms with E-state index in [4.69, 9.17) is 0 Å². The number of nitrogens with zero attached hydrogens (tertiary/aromatic N) is 2. The Bertz CT molecular complexity index is 831. The van der Waals surface area contributed by atoms with Crippen molar-refractivity contribution in [1.82, 2.24) is 9.21 Å². The number of amides is 1. The van der Waals surface area contributed by atoms with Gasteiger partial charge in [-0.05, 0) is 38.3 Å². The molecule has 0 aliphatic carbocycles. The molecule has 0 aromatic heterocycles. The van der Waals surface area contributed by atoms with Gasteiger partial charge in [0.2, 0.25) is 10.0 Å². The summed E-state index contributed by atoms with van der Waals surface area (Å²) in [6, 6.07) is 3.97. The normalized spacial score (nSPS) is 21.2. The van der Waals surface area contributed by atoms with Crippen LogP contribution in [0.3, 0.4) is 0 Å². The number of carbonyl (C=O) groups excluding carboxylic acids is 1. The van der Waals surface area contributed by atoms with Crippen LogP contribution in [0.4, 0.5) is 13.2 Å². The van der Waals surface area contributed by atoms with Crippen molar-refractivity contribution in [3.8, 4) is 0 Å². The number of carbonyl (C=O) groups is 1. The zero-order chi connectivity index (χ0) is 21.2. The van der Waals surface area contributed by atoms with Crippen molar-refractivity contribution in [2.24, 2.45) is 0 Å². The lowest BCUT2D eigenvalue weighted by Gasteiger charge is -2.37. The Morgan fingerprint density at radius 1 is 1.03 bits per heavy atom. The van der Waals surface area contributed by atoms with Gasteiger partial charge in [0, 0.05) is 13.1 Å². The molecular weight excluding hydrogens is 407 g/mol. The number of sulfonamides is 1. The van der Waals surface area contributed by atoms with Crippen molar-refractivity contribution < 1.29 is 31.3 Å². The number of hydrogen-bond donors (Lipinski definition) is 1. The molecule has 0 unspecified atom stereocenters. The van der Waals surface area contributed by atoms with Gasteiger partial charge in [-0.2, -0.15) is 17.5 Å². The third-order valence-electron chi connectivity index (χ3n) is 5.83. The summed E-state index contributed by atoms with van der Waals surface area (Å²) in [6.07, 6.45) is -1.62. The molecule has 2 saturated heterocycles. The van der Waals surface area contributed by atoms with Gasteiger partial charge in [0.15, 0.2) is 6.04 Å². The maximum Gasteiger partial charge on any atom is 0.417 e. The second-order valence-corrected chi connectivity index (χ2v) is 9.57. The van der Waals surface area contributed by atoms with Gasteiger partial charge in [0.25, 0.3) is 5.91 Å². The Balaban J connectivity index is 1.68. The van der Waals surface area contributed by atoms with Gasteiger partial charge in [-0.25, -0.2) is 8.42 Å². The van der Waals surface area contributed by atoms with Gasteiger partial charge >= 0.3 is 6.18 Å². The fourth-order valence-corrected chi connectivity index (χ4v) is 5.73. The van der Waals surface area contributed by atoms with Crippen molar-refractivity contribution in [3.05, 3.63) is 29.8 Å². The molecule has 10 heteroatoms. The molecule has 1 N–H and O–H groups in total. The number of likely N-dealkylation sites (tertiary alicyclic amines) is 1. The minimum atomic E-state index is -4.74. The Morgan fingerprint density at radius 3 is 2.21 bits per heavy atom. The van der Waals surface area contributed by atoms with E-state index in [9.17, 15) is 26.4 Å². The molecule has 162 valence electrons. The average Bonchev–Trinajstić information content (AvgIpc) is 2.73. The highest BCUT2D eigenvalue weighted by Gasteiger charge is 2.41. The van der Waals surface area contributed by atoms with Gasteiger partial charge in [-0.3, -0.25) is 4.79 Å². The van der Waals surface area contributed by atoms with Crippen LogP contribution in [0.1, 0.15) is 31.7 Å². The Morgan fingerprint density at radius 2 is 1.62 bits per heavy atom. The van der Waals surface area contributed by atoms with Crippen LogP contribution in [0.2, 0.25) is 0 Å². The molecule has 1 aromatic carbocycles. The number of quaternary nitrogens is 1. The maximum atomic E-state index is 13.3. The van der Waals surface area contributed by atoms with E-state index in [0.717, 1.165) is 53.7 Å². The lowest BCUT2D eigenvalue weighted by Crippen LogP contribution is -3.19. The number of piperidine rings is 1. The summed E-state index contributed by atoms with van der Waals surface area (Å²) in [7, 11) is -4.26. The molecule has 2 aliphatic heterocycles. The average molecular weight is 435 g/mol. The number of rotatable bonds is 4. The van der Waals surface area contributed by atoms with E-state index in [1.165, 1.54) is 12.1 Å². The van der Waals surface area contributed by atoms with E-state index in [2.05, 4.69) is 0 Å². The second kappa shape index (κ2) is 8.61. The quantitative estimate of drug-likeness (QED) is 0.769. The van der Waals surface area contributed by atoms with Crippen molar-refractivity contribution in [2.75, 3.05) is 39.3 Å². The van der Waals surface area contributed by atoms with E-state index in [0.29, 0.717) is 13.1 Å². The van der Waals surface area contributed by atoms with E-state index >= 15 is 0 Å². The molecule has 2 aliphatic rings. The third kappa shape index (κ3) is 4.75. The van der Waals surface area contributed by atoms with Crippen molar-refractivity contribution in [1.29, 1.82) is 0 Å². The molecule has 0 spiro atoms. The standard InChI is InChI=1S/C19H26F3N3O3S/c1-15(18(26)24-9-5-2-6-10-24)23-11-13-25(14-12-23)29(27,28)17-8-4-3-7-16(17)19(20,21)22/h3-4,7-8,15H,2,5-6,9-14H2,1H3/p+1/t15-/m1/s1. The molecule has 2 fully saturated rings. The van der Waals surface area contributed by atoms with E-state index < -0.39 is 26.7 Å². The van der Waals surface area contributed by atoms with Gasteiger partial charge in [-0.15, -0.1) is 0 Å². The second-order valence-electron chi connectivity index (χ2n) is 7.66. The van der Waals surface area contributed by atoms with Crippen LogP contribution in [-0.2, 0) is 21.0 Å². The maximum absolute atomic E-state index is 13.3. The summed E-state index contributed by atoms with van der Waals surface area (Å²) in [5.74, 6) is 0.0680. The van der Waals surface area contributed by atoms with Crippen LogP contribution >= 0.6 is 0 Å². The number of benzene rings is 1. The van der Waals surface area contributed by atoms with Crippen LogP contribution in [0.15, 0.2) is 29.2 Å². The minimum absolute atomic E-state index is 0.0680. The Hall–Kier alpha value is -1.65. The van der Waals surface area contributed by atoms with Crippen molar-refractivity contribution >= 4 is 15.9 Å². The highest BCUT2D eigenvalue weighted by Crippen LogP contribution is 2.35. The monoisotopic (exact) mass is 434 g/mol. The highest BCUT2D eigenvalue weighted by molar-refractivity contribution is 7.89. The molecule has 0 saturated carbocycles. The summed E-state index contributed by atoms with van der Waals surface area (Å²) >= 11 is 0. The zero-order valence-corrected chi connectivity index (χ0v) is 17.2. The van der Waals surface area contributed by atoms with Crippen LogP contribution < -0.4 is 4.90 Å². The Kier molecular flexibility index (Phi) is 6.54. The molecule has 2 heterocycles. The van der Waals surface area contributed by atoms with Gasteiger partial charge in [-0.1, -0.05) is 12.1 Å². The topological polar surface area (TPSA) is 62.1 Å². The van der Waals surface area contributed by atoms with Gasteiger partial charge in [0.05, 0.1) is 36.6 Å². The Labute approximate surface area is 169 Å². The smallest absolute Gasteiger partial charge is 0.338 e. The van der Waals surface area contributed by atoms with Crippen LogP contribution in [0, 0.1) is 0 Å². The molecule has 1 aromatic rings. The first-order chi connectivity index (χ1) is 13.6. The van der Waals surface area contributed by atoms with Crippen molar-refractivity contribution in [3.63, 3.8) is 0 Å². The van der Waals surface area contributed by atoms with Gasteiger partial charge in [0.1, 0.15) is 0 Å². The van der Waals surface area contributed by atoms with Crippen LogP contribution in [0.5, 0.6) is 0 Å². The number of alkyl halides is 3. The molecule has 0 radical (unpaired) electrons. The van der Waals surface area contributed by atoms with Crippen molar-refractivity contribution in [2.45, 2.75) is 43.3 Å². The highest BCUT2D eigenvalue weighted by atomic mass is 32.2. The summed E-state index contributed by atoms with van der Waals surface area (Å²) in [5, 5.41) is 0. The summed E-state index contributed by atoms with van der Waals surface area (Å²) in [4.78, 5) is 14.8. The van der Waals surface area contributed by atoms with E-state index in [1.807, 2.05) is 11.8 Å². The summed E-state index contributed by atoms with van der Waals surface area (Å²) < 4.78 is 66.6. The molecule has 1 amide bonds. The lowest BCUT2D eigenvalue weighted by molar-refractivity contribution is -0.918. The molecule has 3 rings (SSSR count).